The molecule has 2 aromatic rings. The van der Waals surface area contributed by atoms with Gasteiger partial charge < -0.3 is 5.32 Å². The standard InChI is InChI=1S/C11H7ClN2O3S2/c12-7-2-1-3-8(4-7)14-11(15)13-9-5-18-6-10(9)19(14,16)17/h1-6H,(H,13,15). The number of nitrogens with zero attached hydrogens (tertiary/aromatic N) is 1. The van der Waals surface area contributed by atoms with Crippen LogP contribution in [0.5, 0.6) is 0 Å². The molecule has 8 heteroatoms. The molecule has 1 aromatic carbocycles. The molecule has 98 valence electrons. The van der Waals surface area contributed by atoms with E-state index in [9.17, 15) is 13.2 Å². The van der Waals surface area contributed by atoms with Crippen LogP contribution in [-0.4, -0.2) is 14.4 Å². The van der Waals surface area contributed by atoms with Crippen molar-refractivity contribution in [3.8, 4) is 0 Å². The summed E-state index contributed by atoms with van der Waals surface area (Å²) < 4.78 is 25.5. The highest BCUT2D eigenvalue weighted by Crippen LogP contribution is 2.36. The molecule has 2 heterocycles. The summed E-state index contributed by atoms with van der Waals surface area (Å²) in [5.74, 6) is 0. The van der Waals surface area contributed by atoms with Crippen LogP contribution < -0.4 is 9.62 Å². The molecule has 1 aromatic heterocycles. The highest BCUT2D eigenvalue weighted by molar-refractivity contribution is 7.94. The smallest absolute Gasteiger partial charge is 0.305 e. The molecule has 3 rings (SSSR count). The van der Waals surface area contributed by atoms with Gasteiger partial charge in [0.2, 0.25) is 0 Å². The van der Waals surface area contributed by atoms with E-state index in [-0.39, 0.29) is 10.6 Å². The van der Waals surface area contributed by atoms with E-state index in [0.29, 0.717) is 15.0 Å². The van der Waals surface area contributed by atoms with Crippen molar-refractivity contribution in [1.29, 1.82) is 0 Å². The molecule has 0 radical (unpaired) electrons. The van der Waals surface area contributed by atoms with E-state index in [1.54, 1.807) is 17.5 Å². The number of anilines is 2. The van der Waals surface area contributed by atoms with Crippen LogP contribution in [0.1, 0.15) is 0 Å². The third-order valence-electron chi connectivity index (χ3n) is 2.61. The maximum atomic E-state index is 12.4. The molecule has 0 saturated carbocycles. The van der Waals surface area contributed by atoms with Gasteiger partial charge in [-0.05, 0) is 18.2 Å². The highest BCUT2D eigenvalue weighted by Gasteiger charge is 2.38. The number of hydrogen-bond donors (Lipinski definition) is 1. The van der Waals surface area contributed by atoms with E-state index in [4.69, 9.17) is 11.6 Å². The lowest BCUT2D eigenvalue weighted by Crippen LogP contribution is -2.43. The lowest BCUT2D eigenvalue weighted by atomic mass is 10.3. The van der Waals surface area contributed by atoms with Crippen LogP contribution in [0.15, 0.2) is 39.9 Å². The lowest BCUT2D eigenvalue weighted by molar-refractivity contribution is 0.259. The van der Waals surface area contributed by atoms with Gasteiger partial charge in [-0.2, -0.15) is 4.31 Å². The molecular formula is C11H7ClN2O3S2. The summed E-state index contributed by atoms with van der Waals surface area (Å²) in [6, 6.07) is 5.42. The van der Waals surface area contributed by atoms with Gasteiger partial charge in [0.1, 0.15) is 4.90 Å². The first kappa shape index (κ1) is 12.5. The quantitative estimate of drug-likeness (QED) is 0.879. The summed E-state index contributed by atoms with van der Waals surface area (Å²) >= 11 is 7.05. The Morgan fingerprint density at radius 2 is 2.05 bits per heavy atom. The molecule has 1 aliphatic heterocycles. The summed E-state index contributed by atoms with van der Waals surface area (Å²) in [4.78, 5) is 12.1. The van der Waals surface area contributed by atoms with Gasteiger partial charge in [-0.15, -0.1) is 11.3 Å². The molecule has 0 unspecified atom stereocenters. The Bertz CT molecular complexity index is 770. The van der Waals surface area contributed by atoms with E-state index in [0.717, 1.165) is 0 Å². The van der Waals surface area contributed by atoms with Crippen molar-refractivity contribution in [2.75, 3.05) is 9.62 Å². The second-order valence-electron chi connectivity index (χ2n) is 3.83. The maximum absolute atomic E-state index is 12.4. The van der Waals surface area contributed by atoms with Crippen molar-refractivity contribution in [3.63, 3.8) is 0 Å². The minimum Gasteiger partial charge on any atom is -0.305 e. The average molecular weight is 315 g/mol. The van der Waals surface area contributed by atoms with Crippen LogP contribution >= 0.6 is 22.9 Å². The fourth-order valence-electron chi connectivity index (χ4n) is 1.81. The Morgan fingerprint density at radius 3 is 2.79 bits per heavy atom. The van der Waals surface area contributed by atoms with Crippen LogP contribution in [0.3, 0.4) is 0 Å². The molecule has 2 amide bonds. The number of rotatable bonds is 1. The molecule has 0 atom stereocenters. The number of hydrogen-bond acceptors (Lipinski definition) is 4. The van der Waals surface area contributed by atoms with Gasteiger partial charge in [-0.25, -0.2) is 13.2 Å². The van der Waals surface area contributed by atoms with Crippen molar-refractivity contribution in [1.82, 2.24) is 0 Å². The predicted molar refractivity (Wildman–Crippen MR) is 74.5 cm³/mol. The zero-order chi connectivity index (χ0) is 13.6. The molecule has 1 aliphatic rings. The maximum Gasteiger partial charge on any atom is 0.340 e. The fraction of sp³-hybridized carbons (Fsp3) is 0. The van der Waals surface area contributed by atoms with E-state index in [2.05, 4.69) is 5.32 Å². The molecule has 1 N–H and O–H groups in total. The number of thiophene rings is 1. The first-order chi connectivity index (χ1) is 9.00. The van der Waals surface area contributed by atoms with E-state index in [1.807, 2.05) is 0 Å². The molecule has 0 aliphatic carbocycles. The minimum atomic E-state index is -3.89. The number of urea groups is 1. The van der Waals surface area contributed by atoms with Gasteiger partial charge >= 0.3 is 6.03 Å². The van der Waals surface area contributed by atoms with Crippen molar-refractivity contribution in [3.05, 3.63) is 40.0 Å². The van der Waals surface area contributed by atoms with Crippen LogP contribution in [-0.2, 0) is 10.0 Å². The lowest BCUT2D eigenvalue weighted by Gasteiger charge is -2.27. The number of sulfonamides is 1. The molecule has 0 spiro atoms. The topological polar surface area (TPSA) is 66.5 Å². The van der Waals surface area contributed by atoms with Crippen molar-refractivity contribution < 1.29 is 13.2 Å². The molecular weight excluding hydrogens is 308 g/mol. The highest BCUT2D eigenvalue weighted by atomic mass is 35.5. The monoisotopic (exact) mass is 314 g/mol. The normalized spacial score (nSPS) is 16.9. The second-order valence-corrected chi connectivity index (χ2v) is 6.76. The van der Waals surface area contributed by atoms with Crippen LogP contribution in [0, 0.1) is 0 Å². The second kappa shape index (κ2) is 4.22. The van der Waals surface area contributed by atoms with Gasteiger partial charge in [0.25, 0.3) is 10.0 Å². The Kier molecular flexibility index (Phi) is 2.77. The number of carbonyl (C=O) groups excluding carboxylic acids is 1. The van der Waals surface area contributed by atoms with Gasteiger partial charge in [-0.1, -0.05) is 17.7 Å². The summed E-state index contributed by atoms with van der Waals surface area (Å²) in [5.41, 5.74) is 0.523. The number of halogens is 1. The number of fused-ring (bicyclic) bond motifs is 1. The van der Waals surface area contributed by atoms with Crippen LogP contribution in [0.2, 0.25) is 5.02 Å². The Labute approximate surface area is 118 Å². The van der Waals surface area contributed by atoms with Crippen molar-refractivity contribution >= 4 is 50.4 Å². The largest absolute Gasteiger partial charge is 0.340 e. The van der Waals surface area contributed by atoms with E-state index >= 15 is 0 Å². The third-order valence-corrected chi connectivity index (χ3v) is 5.49. The third kappa shape index (κ3) is 1.90. The van der Waals surface area contributed by atoms with Crippen LogP contribution in [0.25, 0.3) is 0 Å². The average Bonchev–Trinajstić information content (AvgIpc) is 2.77. The SMILES string of the molecule is O=C1Nc2cscc2S(=O)(=O)N1c1cccc(Cl)c1. The number of benzene rings is 1. The van der Waals surface area contributed by atoms with E-state index in [1.165, 1.54) is 28.8 Å². The summed E-state index contributed by atoms with van der Waals surface area (Å²) in [6.07, 6.45) is 0. The van der Waals surface area contributed by atoms with Gasteiger partial charge in [-0.3, -0.25) is 0 Å². The molecule has 5 nitrogen and oxygen atoms in total. The fourth-order valence-corrected chi connectivity index (χ4v) is 4.60. The Morgan fingerprint density at radius 1 is 1.26 bits per heavy atom. The van der Waals surface area contributed by atoms with Crippen molar-refractivity contribution in [2.24, 2.45) is 0 Å². The summed E-state index contributed by atoms with van der Waals surface area (Å²) in [7, 11) is -3.89. The summed E-state index contributed by atoms with van der Waals surface area (Å²) in [5, 5.41) is 5.97. The number of carbonyl (C=O) groups is 1. The molecule has 0 saturated heterocycles. The van der Waals surface area contributed by atoms with Gasteiger partial charge in [0.05, 0.1) is 11.4 Å². The van der Waals surface area contributed by atoms with Crippen LogP contribution in [0.4, 0.5) is 16.2 Å². The van der Waals surface area contributed by atoms with Crippen molar-refractivity contribution in [2.45, 2.75) is 4.90 Å². The number of nitrogens with one attached hydrogen (secondary N) is 1. The summed E-state index contributed by atoms with van der Waals surface area (Å²) in [6.45, 7) is 0. The Hall–Kier alpha value is -1.57. The van der Waals surface area contributed by atoms with Gasteiger partial charge in [0.15, 0.2) is 0 Å². The molecule has 0 bridgehead atoms. The molecule has 19 heavy (non-hydrogen) atoms. The Balaban J connectivity index is 2.20. The zero-order valence-electron chi connectivity index (χ0n) is 9.33. The first-order valence-corrected chi connectivity index (χ1v) is 7.94. The zero-order valence-corrected chi connectivity index (χ0v) is 11.7. The van der Waals surface area contributed by atoms with E-state index < -0.39 is 16.1 Å². The molecule has 0 fully saturated rings. The predicted octanol–water partition coefficient (Wildman–Crippen LogP) is 3.14. The minimum absolute atomic E-state index is 0.0945. The number of amides is 2. The first-order valence-electron chi connectivity index (χ1n) is 5.18. The van der Waals surface area contributed by atoms with Gasteiger partial charge in [0, 0.05) is 15.8 Å².